The third kappa shape index (κ3) is 10.3. The molecule has 0 spiro atoms. The molecule has 10 nitrogen and oxygen atoms in total. The quantitative estimate of drug-likeness (QED) is 0.359. The topological polar surface area (TPSA) is 164 Å². The lowest BCUT2D eigenvalue weighted by atomic mass is 9.96. The zero-order valence-electron chi connectivity index (χ0n) is 12.0. The van der Waals surface area contributed by atoms with E-state index in [9.17, 15) is 19.2 Å². The fourth-order valence-corrected chi connectivity index (χ4v) is 1.02. The molecule has 0 saturated heterocycles. The molecule has 10 heteroatoms. The molecule has 0 saturated carbocycles. The zero-order chi connectivity index (χ0) is 17.2. The van der Waals surface area contributed by atoms with Crippen molar-refractivity contribution in [2.45, 2.75) is 18.4 Å². The van der Waals surface area contributed by atoms with Crippen molar-refractivity contribution in [3.63, 3.8) is 0 Å². The molecule has 21 heavy (non-hydrogen) atoms. The number of hydrogen-bond donors (Lipinski definition) is 5. The van der Waals surface area contributed by atoms with Crippen molar-refractivity contribution in [3.8, 4) is 0 Å². The first-order valence-electron chi connectivity index (χ1n) is 5.70. The van der Waals surface area contributed by atoms with Crippen LogP contribution in [0.5, 0.6) is 0 Å². The van der Waals surface area contributed by atoms with E-state index >= 15 is 0 Å². The fraction of sp³-hybridized carbons (Fsp3) is 0.636. The second kappa shape index (κ2) is 9.66. The first-order chi connectivity index (χ1) is 9.46. The highest BCUT2D eigenvalue weighted by Crippen LogP contribution is 2.15. The summed E-state index contributed by atoms with van der Waals surface area (Å²) in [4.78, 5) is 42.6. The molecular formula is C11H20N2O8. The summed E-state index contributed by atoms with van der Waals surface area (Å²) in [6, 6.07) is 0. The maximum absolute atomic E-state index is 10.6. The van der Waals surface area contributed by atoms with E-state index in [4.69, 9.17) is 20.4 Å². The van der Waals surface area contributed by atoms with Gasteiger partial charge in [0.25, 0.3) is 0 Å². The van der Waals surface area contributed by atoms with Crippen LogP contribution >= 0.6 is 0 Å². The van der Waals surface area contributed by atoms with E-state index in [2.05, 4.69) is 5.32 Å². The number of hydrogen-bond acceptors (Lipinski definition) is 6. The molecule has 122 valence electrons. The van der Waals surface area contributed by atoms with Crippen LogP contribution in [0.1, 0.15) is 12.8 Å². The number of likely N-dealkylation sites (N-methyl/N-ethyl adjacent to an activating group) is 2. The van der Waals surface area contributed by atoms with Crippen molar-refractivity contribution < 1.29 is 39.6 Å². The van der Waals surface area contributed by atoms with Crippen LogP contribution in [0.3, 0.4) is 0 Å². The number of nitrogens with one attached hydrogen (secondary N) is 1. The van der Waals surface area contributed by atoms with Crippen LogP contribution in [0.2, 0.25) is 0 Å². The lowest BCUT2D eigenvalue weighted by Gasteiger charge is -2.18. The molecule has 0 radical (unpaired) electrons. The van der Waals surface area contributed by atoms with E-state index in [0.717, 1.165) is 0 Å². The van der Waals surface area contributed by atoms with Crippen LogP contribution in [-0.2, 0) is 19.2 Å². The average Bonchev–Trinajstić information content (AvgIpc) is 2.27. The van der Waals surface area contributed by atoms with E-state index in [1.807, 2.05) is 0 Å². The summed E-state index contributed by atoms with van der Waals surface area (Å²) in [6.07, 6.45) is -2.29. The molecule has 0 aromatic heterocycles. The predicted octanol–water partition coefficient (Wildman–Crippen LogP) is -1.95. The molecule has 0 fully saturated rings. The van der Waals surface area contributed by atoms with Crippen molar-refractivity contribution in [3.05, 3.63) is 0 Å². The molecule has 0 bridgehead atoms. The summed E-state index contributed by atoms with van der Waals surface area (Å²) in [7, 11) is 5.22. The maximum Gasteiger partial charge on any atom is 0.336 e. The fourth-order valence-electron chi connectivity index (χ4n) is 1.02. The minimum absolute atomic E-state index is 0.104. The number of nitrogens with zero attached hydrogens (tertiary/aromatic N) is 1. The van der Waals surface area contributed by atoms with E-state index in [0.29, 0.717) is 6.54 Å². The summed E-state index contributed by atoms with van der Waals surface area (Å²) in [5, 5.41) is 36.6. The molecular weight excluding hydrogens is 288 g/mol. The monoisotopic (exact) mass is 308 g/mol. The van der Waals surface area contributed by atoms with E-state index < -0.39 is 36.4 Å². The minimum atomic E-state index is -2.74. The molecule has 5 N–H and O–H groups in total. The van der Waals surface area contributed by atoms with Gasteiger partial charge in [-0.2, -0.15) is 0 Å². The second-order valence-corrected chi connectivity index (χ2v) is 4.30. The number of aliphatic hydroxyl groups is 1. The van der Waals surface area contributed by atoms with Gasteiger partial charge in [0.05, 0.1) is 19.4 Å². The van der Waals surface area contributed by atoms with E-state index in [1.54, 1.807) is 26.0 Å². The molecule has 0 heterocycles. The number of rotatable bonds is 7. The highest BCUT2D eigenvalue weighted by molar-refractivity contribution is 5.88. The largest absolute Gasteiger partial charge is 0.481 e. The SMILES string of the molecule is CNCC(=O)N(C)C.O=C(O)CC(O)(CC(=O)O)C(=O)O. The maximum atomic E-state index is 10.6. The van der Waals surface area contributed by atoms with Gasteiger partial charge in [-0.3, -0.25) is 14.4 Å². The van der Waals surface area contributed by atoms with Crippen LogP contribution in [0.25, 0.3) is 0 Å². The first kappa shape index (κ1) is 21.1. The molecule has 1 amide bonds. The van der Waals surface area contributed by atoms with Gasteiger partial charge in [0.1, 0.15) is 0 Å². The molecule has 0 aromatic carbocycles. The summed E-state index contributed by atoms with van der Waals surface area (Å²) in [6.45, 7) is 0.424. The Morgan fingerprint density at radius 2 is 1.38 bits per heavy atom. The molecule has 0 aliphatic carbocycles. The van der Waals surface area contributed by atoms with Gasteiger partial charge in [0.2, 0.25) is 5.91 Å². The normalized spacial score (nSPS) is 10.1. The second-order valence-electron chi connectivity index (χ2n) is 4.30. The van der Waals surface area contributed by atoms with Crippen LogP contribution in [0.4, 0.5) is 0 Å². The summed E-state index contributed by atoms with van der Waals surface area (Å²) in [5.74, 6) is -4.91. The Bertz CT molecular complexity index is 378. The summed E-state index contributed by atoms with van der Waals surface area (Å²) in [5.41, 5.74) is -2.74. The van der Waals surface area contributed by atoms with Gasteiger partial charge in [0.15, 0.2) is 5.60 Å². The smallest absolute Gasteiger partial charge is 0.336 e. The Kier molecular flexibility index (Phi) is 9.71. The van der Waals surface area contributed by atoms with Crippen LogP contribution < -0.4 is 5.32 Å². The van der Waals surface area contributed by atoms with Crippen molar-refractivity contribution in [1.82, 2.24) is 10.2 Å². The first-order valence-corrected chi connectivity index (χ1v) is 5.70. The average molecular weight is 308 g/mol. The Labute approximate surface area is 121 Å². The third-order valence-corrected chi connectivity index (χ3v) is 2.11. The number of amides is 1. The molecule has 0 unspecified atom stereocenters. The number of carbonyl (C=O) groups is 4. The Morgan fingerprint density at radius 3 is 1.52 bits per heavy atom. The number of carboxylic acid groups (broad SMARTS) is 3. The standard InChI is InChI=1S/C6H8O7.C5H12N2O/c7-3(8)1-6(13,5(11)12)2-4(9)10;1-6-4-5(8)7(2)3/h13H,1-2H2,(H,7,8)(H,9,10)(H,11,12);6H,4H2,1-3H3. The van der Waals surface area contributed by atoms with Crippen LogP contribution in [-0.4, -0.2) is 82.4 Å². The molecule has 0 aliphatic rings. The lowest BCUT2D eigenvalue weighted by Crippen LogP contribution is -2.42. The van der Waals surface area contributed by atoms with E-state index in [-0.39, 0.29) is 5.91 Å². The Hall–Kier alpha value is -2.20. The Morgan fingerprint density at radius 1 is 1.00 bits per heavy atom. The highest BCUT2D eigenvalue weighted by atomic mass is 16.4. The molecule has 0 aromatic rings. The van der Waals surface area contributed by atoms with Gasteiger partial charge in [-0.15, -0.1) is 0 Å². The summed E-state index contributed by atoms with van der Waals surface area (Å²) < 4.78 is 0. The zero-order valence-corrected chi connectivity index (χ0v) is 12.0. The van der Waals surface area contributed by atoms with Crippen molar-refractivity contribution >= 4 is 23.8 Å². The van der Waals surface area contributed by atoms with E-state index in [1.165, 1.54) is 0 Å². The molecule has 0 rings (SSSR count). The van der Waals surface area contributed by atoms with Crippen molar-refractivity contribution in [1.29, 1.82) is 0 Å². The van der Waals surface area contributed by atoms with Crippen LogP contribution in [0.15, 0.2) is 0 Å². The number of aliphatic carboxylic acids is 3. The van der Waals surface area contributed by atoms with Gasteiger partial charge in [-0.1, -0.05) is 0 Å². The number of carbonyl (C=O) groups excluding carboxylic acids is 1. The summed E-state index contributed by atoms with van der Waals surface area (Å²) >= 11 is 0. The third-order valence-electron chi connectivity index (χ3n) is 2.11. The van der Waals surface area contributed by atoms with Gasteiger partial charge < -0.3 is 30.6 Å². The molecule has 0 atom stereocenters. The lowest BCUT2D eigenvalue weighted by molar-refractivity contribution is -0.170. The minimum Gasteiger partial charge on any atom is -0.481 e. The van der Waals surface area contributed by atoms with Gasteiger partial charge in [0, 0.05) is 14.1 Å². The predicted molar refractivity (Wildman–Crippen MR) is 69.7 cm³/mol. The van der Waals surface area contributed by atoms with Crippen LogP contribution in [0, 0.1) is 0 Å². The Balaban J connectivity index is 0. The van der Waals surface area contributed by atoms with Crippen molar-refractivity contribution in [2.75, 3.05) is 27.7 Å². The van der Waals surface area contributed by atoms with Gasteiger partial charge in [-0.05, 0) is 7.05 Å². The van der Waals surface area contributed by atoms with Gasteiger partial charge in [-0.25, -0.2) is 4.79 Å². The van der Waals surface area contributed by atoms with Gasteiger partial charge >= 0.3 is 17.9 Å². The highest BCUT2D eigenvalue weighted by Gasteiger charge is 2.40. The number of carboxylic acids is 3. The van der Waals surface area contributed by atoms with Crippen molar-refractivity contribution in [2.24, 2.45) is 0 Å². The molecule has 0 aliphatic heterocycles.